The lowest BCUT2D eigenvalue weighted by molar-refractivity contribution is -0.141. The highest BCUT2D eigenvalue weighted by Gasteiger charge is 2.69. The number of nitrogens with zero attached hydrogens (tertiary/aromatic N) is 1. The first-order valence-electron chi connectivity index (χ1n) is 12.0. The van der Waals surface area contributed by atoms with Gasteiger partial charge < -0.3 is 10.2 Å². The van der Waals surface area contributed by atoms with Crippen molar-refractivity contribution in [3.05, 3.63) is 74.3 Å². The van der Waals surface area contributed by atoms with E-state index in [0.29, 0.717) is 0 Å². The van der Waals surface area contributed by atoms with E-state index in [1.807, 2.05) is 24.3 Å². The molecule has 2 fully saturated rings. The van der Waals surface area contributed by atoms with Gasteiger partial charge in [-0.3, -0.25) is 14.5 Å². The fourth-order valence-corrected chi connectivity index (χ4v) is 8.79. The highest BCUT2D eigenvalue weighted by molar-refractivity contribution is 7.15. The van der Waals surface area contributed by atoms with Crippen molar-refractivity contribution in [1.29, 1.82) is 0 Å². The maximum absolute atomic E-state index is 13.8. The number of carbonyl (C=O) groups excluding carboxylic acids is 2. The Morgan fingerprint density at radius 3 is 2.49 bits per heavy atom. The van der Waals surface area contributed by atoms with Crippen molar-refractivity contribution in [2.24, 2.45) is 17.8 Å². The number of likely N-dealkylation sites (tertiary alicyclic amines) is 1. The Morgan fingerprint density at radius 2 is 1.80 bits per heavy atom. The second-order valence-electron chi connectivity index (χ2n) is 9.76. The first kappa shape index (κ1) is 22.9. The van der Waals surface area contributed by atoms with Crippen molar-refractivity contribution < 1.29 is 19.8 Å². The van der Waals surface area contributed by atoms with Gasteiger partial charge in [-0.2, -0.15) is 0 Å². The first-order valence-corrected chi connectivity index (χ1v) is 13.6. The van der Waals surface area contributed by atoms with E-state index >= 15 is 0 Å². The molecule has 2 bridgehead atoms. The Hall–Kier alpha value is -2.58. The molecule has 3 aromatic rings. The van der Waals surface area contributed by atoms with E-state index in [4.69, 9.17) is 0 Å². The minimum absolute atomic E-state index is 0.0218. The molecule has 0 radical (unpaired) electrons. The van der Waals surface area contributed by atoms with Gasteiger partial charge in [0.05, 0.1) is 31.6 Å². The third-order valence-electron chi connectivity index (χ3n) is 8.05. The molecule has 180 valence electrons. The standard InChI is InChI=1S/C28H27NO4S2/c1-15-20(12-23(35-15)17-6-4-3-5-7-17)22-10-18-13-28(22,21-11-19(14-31)34-16(21)2)25-24(18)26(32)29(8-9-30)27(25)33/h3-7,10-12,18,24-25,30-31H,8-9,13-14H2,1-2H3/t18-,24-,25+,28+/m0/s1. The number of rotatable bonds is 6. The Kier molecular flexibility index (Phi) is 5.38. The summed E-state index contributed by atoms with van der Waals surface area (Å²) in [5.41, 5.74) is 3.90. The average Bonchev–Trinajstić information content (AvgIpc) is 3.64. The first-order chi connectivity index (χ1) is 16.9. The number of amides is 2. The quantitative estimate of drug-likeness (QED) is 0.483. The second-order valence-corrected chi connectivity index (χ2v) is 12.4. The molecule has 3 heterocycles. The lowest BCUT2D eigenvalue weighted by atomic mass is 9.64. The molecule has 0 unspecified atom stereocenters. The summed E-state index contributed by atoms with van der Waals surface area (Å²) in [4.78, 5) is 32.7. The van der Waals surface area contributed by atoms with Crippen LogP contribution in [0.4, 0.5) is 0 Å². The van der Waals surface area contributed by atoms with E-state index in [1.165, 1.54) is 14.7 Å². The van der Waals surface area contributed by atoms with Gasteiger partial charge in [-0.15, -0.1) is 22.7 Å². The number of thiophene rings is 2. The van der Waals surface area contributed by atoms with Crippen molar-refractivity contribution in [3.8, 4) is 10.4 Å². The van der Waals surface area contributed by atoms with Crippen LogP contribution in [0, 0.1) is 31.6 Å². The minimum Gasteiger partial charge on any atom is -0.395 e. The molecule has 35 heavy (non-hydrogen) atoms. The maximum atomic E-state index is 13.8. The normalized spacial score (nSPS) is 27.1. The number of carbonyl (C=O) groups is 2. The molecule has 3 aliphatic rings. The summed E-state index contributed by atoms with van der Waals surface area (Å²) in [7, 11) is 0. The van der Waals surface area contributed by atoms with Gasteiger partial charge in [0, 0.05) is 24.9 Å². The fraction of sp³-hybridized carbons (Fsp3) is 0.357. The largest absolute Gasteiger partial charge is 0.395 e. The summed E-state index contributed by atoms with van der Waals surface area (Å²) in [5.74, 6) is -1.22. The number of allylic oxidation sites excluding steroid dienone is 2. The highest BCUT2D eigenvalue weighted by Crippen LogP contribution is 2.67. The smallest absolute Gasteiger partial charge is 0.234 e. The number of β-amino-alcohol motifs (C(OH)–C–C–N with tert-alkyl or cyclic N) is 1. The van der Waals surface area contributed by atoms with Crippen LogP contribution < -0.4 is 0 Å². The van der Waals surface area contributed by atoms with Gasteiger partial charge in [0.15, 0.2) is 0 Å². The van der Waals surface area contributed by atoms with E-state index in [2.05, 4.69) is 38.1 Å². The zero-order valence-corrected chi connectivity index (χ0v) is 21.3. The van der Waals surface area contributed by atoms with E-state index < -0.39 is 11.3 Å². The third-order valence-corrected chi connectivity index (χ3v) is 10.2. The van der Waals surface area contributed by atoms with Crippen molar-refractivity contribution in [2.45, 2.75) is 32.3 Å². The molecule has 1 aliphatic heterocycles. The average molecular weight is 506 g/mol. The summed E-state index contributed by atoms with van der Waals surface area (Å²) in [6.45, 7) is 3.95. The minimum atomic E-state index is -0.611. The molecule has 1 saturated heterocycles. The molecule has 4 atom stereocenters. The van der Waals surface area contributed by atoms with Crippen LogP contribution in [0.3, 0.4) is 0 Å². The Bertz CT molecular complexity index is 1370. The molecule has 0 spiro atoms. The monoisotopic (exact) mass is 505 g/mol. The molecule has 2 amide bonds. The van der Waals surface area contributed by atoms with Gasteiger partial charge in [0.25, 0.3) is 0 Å². The number of aryl methyl sites for hydroxylation is 2. The molecule has 1 saturated carbocycles. The molecule has 2 N–H and O–H groups in total. The Labute approximate surface area is 212 Å². The summed E-state index contributed by atoms with van der Waals surface area (Å²) < 4.78 is 0. The number of hydrogen-bond donors (Lipinski definition) is 2. The molecular weight excluding hydrogens is 478 g/mol. The fourth-order valence-electron chi connectivity index (χ4n) is 6.76. The van der Waals surface area contributed by atoms with E-state index in [-0.39, 0.29) is 43.4 Å². The number of aliphatic hydroxyl groups is 2. The number of hydrogen-bond acceptors (Lipinski definition) is 6. The number of benzene rings is 1. The third kappa shape index (κ3) is 3.12. The van der Waals surface area contributed by atoms with Crippen molar-refractivity contribution in [1.82, 2.24) is 4.90 Å². The Balaban J connectivity index is 1.54. The summed E-state index contributed by atoms with van der Waals surface area (Å²) >= 11 is 3.31. The Morgan fingerprint density at radius 1 is 1.03 bits per heavy atom. The molecule has 2 aliphatic carbocycles. The van der Waals surface area contributed by atoms with Crippen molar-refractivity contribution in [2.75, 3.05) is 13.2 Å². The van der Waals surface area contributed by atoms with Gasteiger partial charge in [0.2, 0.25) is 11.8 Å². The summed E-state index contributed by atoms with van der Waals surface area (Å²) in [5, 5.41) is 19.4. The number of aliphatic hydroxyl groups excluding tert-OH is 2. The maximum Gasteiger partial charge on any atom is 0.234 e. The zero-order chi connectivity index (χ0) is 24.5. The van der Waals surface area contributed by atoms with Crippen molar-refractivity contribution >= 4 is 40.1 Å². The molecule has 1 aromatic carbocycles. The van der Waals surface area contributed by atoms with Crippen LogP contribution in [0.1, 0.15) is 32.2 Å². The predicted molar refractivity (Wildman–Crippen MR) is 138 cm³/mol. The van der Waals surface area contributed by atoms with Crippen LogP contribution in [-0.2, 0) is 21.6 Å². The predicted octanol–water partition coefficient (Wildman–Crippen LogP) is 4.53. The van der Waals surface area contributed by atoms with Crippen LogP contribution in [0.15, 0.2) is 48.5 Å². The van der Waals surface area contributed by atoms with Gasteiger partial charge in [-0.05, 0) is 60.6 Å². The summed E-state index contributed by atoms with van der Waals surface area (Å²) in [6, 6.07) is 14.6. The highest BCUT2D eigenvalue weighted by atomic mass is 32.1. The second kappa shape index (κ2) is 8.23. The summed E-state index contributed by atoms with van der Waals surface area (Å²) in [6.07, 6.45) is 2.97. The van der Waals surface area contributed by atoms with Gasteiger partial charge in [0.1, 0.15) is 0 Å². The zero-order valence-electron chi connectivity index (χ0n) is 19.7. The van der Waals surface area contributed by atoms with Crippen LogP contribution >= 0.6 is 22.7 Å². The van der Waals surface area contributed by atoms with Crippen LogP contribution in [-0.4, -0.2) is 40.1 Å². The molecular formula is C28H27NO4S2. The van der Waals surface area contributed by atoms with Gasteiger partial charge in [-0.1, -0.05) is 36.4 Å². The van der Waals surface area contributed by atoms with E-state index in [9.17, 15) is 19.8 Å². The van der Waals surface area contributed by atoms with Crippen LogP contribution in [0.2, 0.25) is 0 Å². The van der Waals surface area contributed by atoms with Gasteiger partial charge in [-0.25, -0.2) is 0 Å². The lowest BCUT2D eigenvalue weighted by Gasteiger charge is -2.37. The molecule has 6 rings (SSSR count). The molecule has 7 heteroatoms. The van der Waals surface area contributed by atoms with Crippen LogP contribution in [0.5, 0.6) is 0 Å². The number of fused-ring (bicyclic) bond motifs is 5. The van der Waals surface area contributed by atoms with E-state index in [1.54, 1.807) is 22.7 Å². The number of imide groups is 1. The SMILES string of the molecule is Cc1sc(-c2ccccc2)cc1C1=C[C@H]2C[C@]1(c1cc(CO)sc1C)[C@H]1C(=O)N(CCO)C(=O)[C@@H]21. The molecule has 2 aromatic heterocycles. The topological polar surface area (TPSA) is 77.8 Å². The van der Waals surface area contributed by atoms with E-state index in [0.717, 1.165) is 38.4 Å². The molecule has 5 nitrogen and oxygen atoms in total. The van der Waals surface area contributed by atoms with Crippen LogP contribution in [0.25, 0.3) is 16.0 Å². The lowest BCUT2D eigenvalue weighted by Crippen LogP contribution is -2.40. The van der Waals surface area contributed by atoms with Gasteiger partial charge >= 0.3 is 0 Å². The van der Waals surface area contributed by atoms with Crippen molar-refractivity contribution in [3.63, 3.8) is 0 Å².